The van der Waals surface area contributed by atoms with Gasteiger partial charge < -0.3 is 5.11 Å². The predicted octanol–water partition coefficient (Wildman–Crippen LogP) is -0.0205. The van der Waals surface area contributed by atoms with E-state index in [0.717, 1.165) is 11.1 Å². The van der Waals surface area contributed by atoms with Crippen molar-refractivity contribution in [1.82, 2.24) is 0 Å². The Balaban J connectivity index is 0.00000162. The molecule has 0 fully saturated rings. The molecule has 0 radical (unpaired) electrons. The van der Waals surface area contributed by atoms with Gasteiger partial charge in [0.05, 0.1) is 0 Å². The molecule has 0 N–H and O–H groups in total. The fraction of sp³-hybridized carbons (Fsp3) is 0.125. The molecule has 0 amide bonds. The number of hydrogen-bond donors (Lipinski definition) is 0. The van der Waals surface area contributed by atoms with Crippen LogP contribution >= 0.6 is 0 Å². The topological polar surface area (TPSA) is 23.1 Å². The Kier molecular flexibility index (Phi) is 5.43. The van der Waals surface area contributed by atoms with Crippen LogP contribution in [-0.2, 0) is 5.60 Å². The molecule has 1 atom stereocenters. The third-order valence-corrected chi connectivity index (χ3v) is 2.74. The van der Waals surface area contributed by atoms with Gasteiger partial charge in [-0.15, -0.1) is 0 Å². The van der Waals surface area contributed by atoms with Gasteiger partial charge in [0, 0.05) is 0 Å². The molecule has 18 heavy (non-hydrogen) atoms. The van der Waals surface area contributed by atoms with Crippen LogP contribution in [0.1, 0.15) is 18.1 Å². The molecule has 0 aliphatic heterocycles. The normalized spacial score (nSPS) is 13.9. The second-order valence-electron chi connectivity index (χ2n) is 4.22. The zero-order valence-corrected chi connectivity index (χ0v) is 10.8. The first-order chi connectivity index (χ1) is 8.18. The summed E-state index contributed by atoms with van der Waals surface area (Å²) < 4.78 is 0. The monoisotopic (exact) mass is 230 g/mol. The molecule has 0 aromatic heterocycles. The molecule has 0 aliphatic carbocycles. The van der Waals surface area contributed by atoms with Crippen LogP contribution in [0.5, 0.6) is 0 Å². The van der Waals surface area contributed by atoms with E-state index in [0.29, 0.717) is 0 Å². The molecule has 0 bridgehead atoms. The van der Waals surface area contributed by atoms with Gasteiger partial charge in [-0.05, 0) is 5.56 Å². The quantitative estimate of drug-likeness (QED) is 0.680. The van der Waals surface area contributed by atoms with Crippen molar-refractivity contribution < 1.29 is 24.0 Å². The summed E-state index contributed by atoms with van der Waals surface area (Å²) >= 11 is 0. The van der Waals surface area contributed by atoms with Crippen molar-refractivity contribution in [2.24, 2.45) is 0 Å². The SMILES string of the molecule is CC([O-])(/C=C/c1ccccc1)c1ccccc1.[Li+]. The molecule has 2 heteroatoms. The van der Waals surface area contributed by atoms with Crippen LogP contribution in [0.2, 0.25) is 0 Å². The summed E-state index contributed by atoms with van der Waals surface area (Å²) in [5, 5.41) is 12.4. The Morgan fingerprint density at radius 1 is 0.889 bits per heavy atom. The molecule has 0 saturated carbocycles. The Bertz CT molecular complexity index is 489. The average Bonchev–Trinajstić information content (AvgIpc) is 2.39. The van der Waals surface area contributed by atoms with Crippen molar-refractivity contribution in [1.29, 1.82) is 0 Å². The second-order valence-corrected chi connectivity index (χ2v) is 4.22. The standard InChI is InChI=1S/C16H15O.Li/c1-16(17,15-10-6-3-7-11-15)13-12-14-8-4-2-5-9-14;/h2-13H,1H3;/q-1;+1/b13-12+;. The summed E-state index contributed by atoms with van der Waals surface area (Å²) in [6.45, 7) is 1.68. The summed E-state index contributed by atoms with van der Waals surface area (Å²) in [6, 6.07) is 19.3. The van der Waals surface area contributed by atoms with Crippen LogP contribution in [0, 0.1) is 0 Å². The van der Waals surface area contributed by atoms with Gasteiger partial charge in [-0.3, -0.25) is 0 Å². The molecule has 1 unspecified atom stereocenters. The van der Waals surface area contributed by atoms with Gasteiger partial charge in [0.1, 0.15) is 0 Å². The first-order valence-corrected chi connectivity index (χ1v) is 5.69. The molecule has 0 aliphatic rings. The molecule has 0 saturated heterocycles. The third kappa shape index (κ3) is 3.89. The van der Waals surface area contributed by atoms with Gasteiger partial charge in [-0.2, -0.15) is 0 Å². The summed E-state index contributed by atoms with van der Waals surface area (Å²) in [5.41, 5.74) is 0.648. The van der Waals surface area contributed by atoms with Gasteiger partial charge in [0.25, 0.3) is 0 Å². The van der Waals surface area contributed by atoms with E-state index in [-0.39, 0.29) is 18.9 Å². The van der Waals surface area contributed by atoms with E-state index in [1.54, 1.807) is 13.0 Å². The van der Waals surface area contributed by atoms with Gasteiger partial charge in [0.2, 0.25) is 0 Å². The molecule has 2 rings (SSSR count). The van der Waals surface area contributed by atoms with Crippen LogP contribution in [0.25, 0.3) is 6.08 Å². The summed E-state index contributed by atoms with van der Waals surface area (Å²) in [4.78, 5) is 0. The maximum absolute atomic E-state index is 12.4. The Hall–Kier alpha value is -1.26. The van der Waals surface area contributed by atoms with E-state index in [2.05, 4.69) is 0 Å². The van der Waals surface area contributed by atoms with Crippen LogP contribution in [0.3, 0.4) is 0 Å². The fourth-order valence-corrected chi connectivity index (χ4v) is 1.68. The summed E-state index contributed by atoms with van der Waals surface area (Å²) in [5.74, 6) is 0. The smallest absolute Gasteiger partial charge is 0.843 e. The molecular weight excluding hydrogens is 215 g/mol. The largest absolute Gasteiger partial charge is 1.00 e. The zero-order chi connectivity index (χ0) is 12.1. The van der Waals surface area contributed by atoms with E-state index < -0.39 is 5.60 Å². The predicted molar refractivity (Wildman–Crippen MR) is 69.3 cm³/mol. The minimum absolute atomic E-state index is 0. The van der Waals surface area contributed by atoms with E-state index in [9.17, 15) is 5.11 Å². The molecular formula is C16H15LiO. The molecule has 0 heterocycles. The van der Waals surface area contributed by atoms with Gasteiger partial charge in [-0.1, -0.05) is 90.9 Å². The van der Waals surface area contributed by atoms with Crippen molar-refractivity contribution in [3.05, 3.63) is 77.9 Å². The number of rotatable bonds is 3. The summed E-state index contributed by atoms with van der Waals surface area (Å²) in [7, 11) is 0. The fourth-order valence-electron chi connectivity index (χ4n) is 1.68. The summed E-state index contributed by atoms with van der Waals surface area (Å²) in [6.07, 6.45) is 3.58. The molecule has 1 nitrogen and oxygen atoms in total. The average molecular weight is 230 g/mol. The maximum atomic E-state index is 12.4. The van der Waals surface area contributed by atoms with E-state index in [4.69, 9.17) is 0 Å². The minimum atomic E-state index is -1.18. The first-order valence-electron chi connectivity index (χ1n) is 5.69. The number of hydrogen-bond acceptors (Lipinski definition) is 1. The van der Waals surface area contributed by atoms with Crippen molar-refractivity contribution in [3.63, 3.8) is 0 Å². The minimum Gasteiger partial charge on any atom is -0.843 e. The van der Waals surface area contributed by atoms with Crippen LogP contribution in [0.15, 0.2) is 66.7 Å². The Morgan fingerprint density at radius 2 is 1.39 bits per heavy atom. The van der Waals surface area contributed by atoms with E-state index in [1.165, 1.54) is 0 Å². The number of benzene rings is 2. The Labute approximate surface area is 120 Å². The van der Waals surface area contributed by atoms with Crippen LogP contribution < -0.4 is 24.0 Å². The molecule has 86 valence electrons. The van der Waals surface area contributed by atoms with Gasteiger partial charge in [-0.25, -0.2) is 0 Å². The first kappa shape index (κ1) is 14.8. The van der Waals surface area contributed by atoms with E-state index in [1.807, 2.05) is 66.7 Å². The third-order valence-electron chi connectivity index (χ3n) is 2.74. The van der Waals surface area contributed by atoms with Crippen LogP contribution in [0.4, 0.5) is 0 Å². The van der Waals surface area contributed by atoms with Gasteiger partial charge >= 0.3 is 18.9 Å². The van der Waals surface area contributed by atoms with Crippen molar-refractivity contribution in [3.8, 4) is 0 Å². The van der Waals surface area contributed by atoms with Crippen molar-refractivity contribution in [2.75, 3.05) is 0 Å². The van der Waals surface area contributed by atoms with E-state index >= 15 is 0 Å². The Morgan fingerprint density at radius 3 is 1.94 bits per heavy atom. The molecule has 2 aromatic carbocycles. The maximum Gasteiger partial charge on any atom is 1.00 e. The second kappa shape index (κ2) is 6.61. The molecule has 0 spiro atoms. The van der Waals surface area contributed by atoms with Crippen LogP contribution in [-0.4, -0.2) is 0 Å². The van der Waals surface area contributed by atoms with Crippen molar-refractivity contribution in [2.45, 2.75) is 12.5 Å². The zero-order valence-electron chi connectivity index (χ0n) is 10.8. The molecule has 2 aromatic rings. The van der Waals surface area contributed by atoms with Gasteiger partial charge in [0.15, 0.2) is 0 Å². The van der Waals surface area contributed by atoms with Crippen molar-refractivity contribution >= 4 is 6.08 Å².